The summed E-state index contributed by atoms with van der Waals surface area (Å²) in [7, 11) is 0. The van der Waals surface area contributed by atoms with Gasteiger partial charge in [0.05, 0.1) is 21.7 Å². The van der Waals surface area contributed by atoms with E-state index in [9.17, 15) is 33.9 Å². The standard InChI is InChI=1S/C37H39BrN6O9/c1-4-16-52-36(50)41-14-15-43-32(46)23-18-25(42-20(2)3)30-28-22(17-24(38)29(27(23)28)34(43)48)33(47)44(35(30)49)26(31(39)45)12-8-9-13-40-37(51)53-19-21-10-6-5-7-11-21/h4-7,10-11,17-18,20,26,47H,1,8-9,12-16,19H2,2-3H3,(H2,39,45)(H,40,51)(H,41,50)/t26-/m0/s1. The van der Waals surface area contributed by atoms with Gasteiger partial charge in [0.15, 0.2) is 0 Å². The summed E-state index contributed by atoms with van der Waals surface area (Å²) in [6.07, 6.45) is 0.806. The lowest BCUT2D eigenvalue weighted by Gasteiger charge is -2.23. The molecule has 0 bridgehead atoms. The minimum Gasteiger partial charge on any atom is -0.494 e. The van der Waals surface area contributed by atoms with Crippen LogP contribution < -0.4 is 38.4 Å². The molecule has 0 radical (unpaired) electrons. The van der Waals surface area contributed by atoms with Gasteiger partial charge in [0.1, 0.15) is 19.3 Å². The molecule has 3 amide bonds. The van der Waals surface area contributed by atoms with E-state index in [4.69, 9.17) is 15.2 Å². The van der Waals surface area contributed by atoms with Gasteiger partial charge in [0.2, 0.25) is 11.8 Å². The van der Waals surface area contributed by atoms with Gasteiger partial charge in [0.25, 0.3) is 16.7 Å². The molecule has 16 heteroatoms. The van der Waals surface area contributed by atoms with Crippen molar-refractivity contribution in [3.05, 3.63) is 102 Å². The molecule has 1 aromatic heterocycles. The second kappa shape index (κ2) is 16.7. The highest BCUT2D eigenvalue weighted by molar-refractivity contribution is 9.10. The Morgan fingerprint density at radius 1 is 0.962 bits per heavy atom. The van der Waals surface area contributed by atoms with Gasteiger partial charge in [-0.15, -0.1) is 0 Å². The number of nitrogens with zero attached hydrogens (tertiary/aromatic N) is 3. The number of hydrogen-bond acceptors (Lipinski definition) is 10. The van der Waals surface area contributed by atoms with Crippen LogP contribution >= 0.6 is 15.9 Å². The molecular formula is C37H39BrN6O9. The Morgan fingerprint density at radius 2 is 1.66 bits per heavy atom. The van der Waals surface area contributed by atoms with Gasteiger partial charge in [-0.3, -0.25) is 33.3 Å². The third-order valence-electron chi connectivity index (χ3n) is 8.53. The van der Waals surface area contributed by atoms with Crippen LogP contribution in [0.2, 0.25) is 0 Å². The molecule has 1 aliphatic carbocycles. The molecule has 0 saturated heterocycles. The summed E-state index contributed by atoms with van der Waals surface area (Å²) in [5.41, 5.74) is 4.68. The number of halogens is 1. The molecule has 0 fully saturated rings. The Hall–Kier alpha value is -5.77. The van der Waals surface area contributed by atoms with E-state index in [0.29, 0.717) is 12.8 Å². The maximum atomic E-state index is 14.4. The highest BCUT2D eigenvalue weighted by atomic mass is 79.9. The molecule has 2 heterocycles. The number of primary amides is 1. The minimum absolute atomic E-state index is 0.00578. The number of aromatic nitrogens is 2. The second-order valence-electron chi connectivity index (χ2n) is 12.5. The van der Waals surface area contributed by atoms with Crippen LogP contribution in [0.15, 0.2) is 79.0 Å². The van der Waals surface area contributed by atoms with Crippen LogP contribution in [0.5, 0.6) is 5.88 Å². The van der Waals surface area contributed by atoms with Crippen molar-refractivity contribution < 1.29 is 29.0 Å². The predicted molar refractivity (Wildman–Crippen MR) is 202 cm³/mol. The van der Waals surface area contributed by atoms with Gasteiger partial charge >= 0.3 is 12.2 Å². The minimum atomic E-state index is -1.29. The number of alkyl carbamates (subject to hydrolysis) is 2. The molecule has 0 saturated carbocycles. The van der Waals surface area contributed by atoms with E-state index in [-0.39, 0.29) is 87.8 Å². The number of pyridine rings is 2. The molecular weight excluding hydrogens is 752 g/mol. The van der Waals surface area contributed by atoms with Crippen LogP contribution in [0.3, 0.4) is 0 Å². The number of rotatable bonds is 15. The number of nitrogens with one attached hydrogen (secondary N) is 2. The van der Waals surface area contributed by atoms with E-state index in [2.05, 4.69) is 38.1 Å². The van der Waals surface area contributed by atoms with Crippen molar-refractivity contribution in [3.63, 3.8) is 0 Å². The predicted octanol–water partition coefficient (Wildman–Crippen LogP) is 3.47. The monoisotopic (exact) mass is 790 g/mol. The fourth-order valence-corrected chi connectivity index (χ4v) is 6.83. The van der Waals surface area contributed by atoms with Gasteiger partial charge in [0, 0.05) is 46.5 Å². The van der Waals surface area contributed by atoms with Crippen LogP contribution in [-0.4, -0.2) is 58.1 Å². The molecule has 2 aliphatic rings. The highest BCUT2D eigenvalue weighted by Gasteiger charge is 2.31. The van der Waals surface area contributed by atoms with E-state index < -0.39 is 46.7 Å². The van der Waals surface area contributed by atoms with Crippen LogP contribution in [0.25, 0.3) is 32.7 Å². The van der Waals surface area contributed by atoms with E-state index in [1.807, 2.05) is 30.3 Å². The maximum absolute atomic E-state index is 14.4. The van der Waals surface area contributed by atoms with Gasteiger partial charge in [-0.2, -0.15) is 0 Å². The summed E-state index contributed by atoms with van der Waals surface area (Å²) in [4.78, 5) is 83.8. The number of hydrogen-bond donors (Lipinski definition) is 4. The van der Waals surface area contributed by atoms with Crippen molar-refractivity contribution in [2.75, 3.05) is 19.7 Å². The Balaban J connectivity index is 1.51. The molecule has 1 atom stereocenters. The van der Waals surface area contributed by atoms with Crippen molar-refractivity contribution in [1.82, 2.24) is 19.8 Å². The Kier molecular flexibility index (Phi) is 12.1. The van der Waals surface area contributed by atoms with Crippen molar-refractivity contribution in [1.29, 1.82) is 0 Å². The zero-order valence-corrected chi connectivity index (χ0v) is 30.7. The molecule has 53 heavy (non-hydrogen) atoms. The van der Waals surface area contributed by atoms with Gasteiger partial charge in [-0.25, -0.2) is 9.59 Å². The van der Waals surface area contributed by atoms with Gasteiger partial charge in [-0.05, 0) is 66.7 Å². The zero-order valence-electron chi connectivity index (χ0n) is 29.1. The molecule has 278 valence electrons. The topological polar surface area (TPSA) is 213 Å². The van der Waals surface area contributed by atoms with E-state index in [0.717, 1.165) is 14.7 Å². The summed E-state index contributed by atoms with van der Waals surface area (Å²) in [5, 5.41) is 17.2. The van der Waals surface area contributed by atoms with Crippen molar-refractivity contribution >= 4 is 55.6 Å². The lowest BCUT2D eigenvalue weighted by atomic mass is 9.90. The van der Waals surface area contributed by atoms with Crippen LogP contribution in [0, 0.1) is 0 Å². The van der Waals surface area contributed by atoms with E-state index in [1.165, 1.54) is 18.2 Å². The van der Waals surface area contributed by atoms with Gasteiger partial charge in [-0.1, -0.05) is 43.0 Å². The number of nitrogens with two attached hydrogens (primary N) is 1. The molecule has 15 nitrogen and oxygen atoms in total. The number of carbonyl (C=O) groups is 3. The third-order valence-corrected chi connectivity index (χ3v) is 9.16. The number of amides is 3. The fourth-order valence-electron chi connectivity index (χ4n) is 6.23. The first-order chi connectivity index (χ1) is 25.3. The van der Waals surface area contributed by atoms with Crippen LogP contribution in [0.1, 0.15) is 44.7 Å². The van der Waals surface area contributed by atoms with Crippen molar-refractivity contribution in [3.8, 4) is 17.0 Å². The average molecular weight is 792 g/mol. The van der Waals surface area contributed by atoms with E-state index >= 15 is 0 Å². The first-order valence-electron chi connectivity index (χ1n) is 16.9. The molecule has 2 aromatic carbocycles. The summed E-state index contributed by atoms with van der Waals surface area (Å²) < 4.78 is 12.2. The third kappa shape index (κ3) is 8.17. The first-order valence-corrected chi connectivity index (χ1v) is 17.7. The largest absolute Gasteiger partial charge is 0.494 e. The smallest absolute Gasteiger partial charge is 0.407 e. The molecule has 5 N–H and O–H groups in total. The van der Waals surface area contributed by atoms with Crippen LogP contribution in [-0.2, 0) is 27.4 Å². The van der Waals surface area contributed by atoms with Gasteiger partial charge < -0.3 is 30.9 Å². The molecule has 5 rings (SSSR count). The number of benzene rings is 3. The fraction of sp³-hybridized carbons (Fsp3) is 0.324. The number of unbranched alkanes of at least 4 members (excludes halogenated alkanes) is 1. The number of aromatic hydroxyl groups is 1. The Bertz CT molecular complexity index is 2380. The maximum Gasteiger partial charge on any atom is 0.407 e. The summed E-state index contributed by atoms with van der Waals surface area (Å²) in [5.74, 6) is -1.46. The summed E-state index contributed by atoms with van der Waals surface area (Å²) in [6, 6.07) is 10.4. The highest BCUT2D eigenvalue weighted by Crippen LogP contribution is 2.41. The van der Waals surface area contributed by atoms with Crippen molar-refractivity contribution in [2.45, 2.75) is 58.3 Å². The number of carbonyl (C=O) groups excluding carboxylic acids is 3. The molecule has 0 spiro atoms. The number of ether oxygens (including phenoxy) is 2. The second-order valence-corrected chi connectivity index (χ2v) is 13.4. The lowest BCUT2D eigenvalue weighted by molar-refractivity contribution is -0.121. The lowest BCUT2D eigenvalue weighted by Crippen LogP contribution is -2.40. The van der Waals surface area contributed by atoms with E-state index in [1.54, 1.807) is 13.8 Å². The van der Waals surface area contributed by atoms with Crippen LogP contribution in [0.4, 0.5) is 9.59 Å². The zero-order chi connectivity index (χ0) is 38.4. The Labute approximate surface area is 310 Å². The Morgan fingerprint density at radius 3 is 2.34 bits per heavy atom. The molecule has 3 aromatic rings. The van der Waals surface area contributed by atoms with Crippen molar-refractivity contribution in [2.24, 2.45) is 10.7 Å². The normalized spacial score (nSPS) is 12.4. The average Bonchev–Trinajstić information content (AvgIpc) is 3.12. The summed E-state index contributed by atoms with van der Waals surface area (Å²) in [6.45, 7) is 7.03. The quantitative estimate of drug-likeness (QED) is 0.0694. The first kappa shape index (κ1) is 38.5. The summed E-state index contributed by atoms with van der Waals surface area (Å²) >= 11 is 3.43. The molecule has 1 aliphatic heterocycles. The molecule has 0 unspecified atom stereocenters. The SMILES string of the molecule is C=CCOC(=O)NCCn1c(=O)c2cc(=NC(C)C)c3c(=O)n([C@@H](CCCCNC(=O)OCc4ccccc4)C(N)=O)c(O)c4cc(Br)c(c-2c43)c1=O.